The SMILES string of the molecule is CC(C)c1cc(=O)oc2cc(OS(=O)(=O)c3ccc(F)c(F)c3)ccc12. The Morgan fingerprint density at radius 1 is 1.00 bits per heavy atom. The van der Waals surface area contributed by atoms with Gasteiger partial charge in [-0.1, -0.05) is 13.8 Å². The van der Waals surface area contributed by atoms with Gasteiger partial charge < -0.3 is 8.60 Å². The lowest BCUT2D eigenvalue weighted by Gasteiger charge is -2.11. The van der Waals surface area contributed by atoms with Crippen LogP contribution in [0.25, 0.3) is 11.0 Å². The molecule has 5 nitrogen and oxygen atoms in total. The van der Waals surface area contributed by atoms with Gasteiger partial charge in [0.15, 0.2) is 11.6 Å². The third kappa shape index (κ3) is 3.45. The van der Waals surface area contributed by atoms with Crippen LogP contribution in [0.15, 0.2) is 56.6 Å². The summed E-state index contributed by atoms with van der Waals surface area (Å²) >= 11 is 0. The van der Waals surface area contributed by atoms with Gasteiger partial charge in [-0.2, -0.15) is 8.42 Å². The van der Waals surface area contributed by atoms with Crippen molar-refractivity contribution < 1.29 is 25.8 Å². The van der Waals surface area contributed by atoms with Crippen molar-refractivity contribution in [2.75, 3.05) is 0 Å². The normalized spacial score (nSPS) is 11.9. The molecule has 0 fully saturated rings. The minimum atomic E-state index is -4.38. The van der Waals surface area contributed by atoms with E-state index in [1.165, 1.54) is 18.2 Å². The molecule has 3 aromatic rings. The molecule has 8 heteroatoms. The monoisotopic (exact) mass is 380 g/mol. The highest BCUT2D eigenvalue weighted by atomic mass is 32.2. The van der Waals surface area contributed by atoms with Gasteiger partial charge in [0.1, 0.15) is 16.2 Å². The van der Waals surface area contributed by atoms with Gasteiger partial charge in [0.2, 0.25) is 0 Å². The van der Waals surface area contributed by atoms with E-state index in [2.05, 4.69) is 0 Å². The van der Waals surface area contributed by atoms with Crippen LogP contribution in [0, 0.1) is 11.6 Å². The van der Waals surface area contributed by atoms with Crippen LogP contribution >= 0.6 is 0 Å². The fraction of sp³-hybridized carbons (Fsp3) is 0.167. The molecule has 0 saturated carbocycles. The summed E-state index contributed by atoms with van der Waals surface area (Å²) in [5.41, 5.74) is 0.354. The molecule has 1 aromatic heterocycles. The number of fused-ring (bicyclic) bond motifs is 1. The Balaban J connectivity index is 2.03. The molecule has 0 N–H and O–H groups in total. The predicted molar refractivity (Wildman–Crippen MR) is 90.7 cm³/mol. The molecule has 26 heavy (non-hydrogen) atoms. The largest absolute Gasteiger partial charge is 0.423 e. The van der Waals surface area contributed by atoms with Gasteiger partial charge >= 0.3 is 15.7 Å². The van der Waals surface area contributed by atoms with E-state index < -0.39 is 32.3 Å². The second-order valence-electron chi connectivity index (χ2n) is 5.95. The lowest BCUT2D eigenvalue weighted by Crippen LogP contribution is -2.10. The molecular weight excluding hydrogens is 366 g/mol. The summed E-state index contributed by atoms with van der Waals surface area (Å²) in [6, 6.07) is 7.73. The summed E-state index contributed by atoms with van der Waals surface area (Å²) in [5.74, 6) is -2.54. The summed E-state index contributed by atoms with van der Waals surface area (Å²) < 4.78 is 60.8. The summed E-state index contributed by atoms with van der Waals surface area (Å²) in [4.78, 5) is 11.2. The Morgan fingerprint density at radius 2 is 1.73 bits per heavy atom. The van der Waals surface area contributed by atoms with Crippen LogP contribution in [0.1, 0.15) is 25.3 Å². The predicted octanol–water partition coefficient (Wildman–Crippen LogP) is 3.96. The van der Waals surface area contributed by atoms with Gasteiger partial charge in [-0.15, -0.1) is 0 Å². The fourth-order valence-corrected chi connectivity index (χ4v) is 3.44. The Kier molecular flexibility index (Phi) is 4.53. The Bertz CT molecular complexity index is 1150. The van der Waals surface area contributed by atoms with Crippen LogP contribution in [0.5, 0.6) is 5.75 Å². The van der Waals surface area contributed by atoms with Crippen molar-refractivity contribution in [3.05, 3.63) is 70.1 Å². The highest BCUT2D eigenvalue weighted by Gasteiger charge is 2.20. The summed E-state index contributed by atoms with van der Waals surface area (Å²) in [7, 11) is -4.38. The molecule has 0 aliphatic heterocycles. The molecule has 136 valence electrons. The molecule has 0 radical (unpaired) electrons. The Labute approximate surface area is 148 Å². The van der Waals surface area contributed by atoms with E-state index in [1.807, 2.05) is 13.8 Å². The van der Waals surface area contributed by atoms with Gasteiger partial charge in [-0.3, -0.25) is 0 Å². The molecular formula is C18H14F2O5S. The molecule has 3 rings (SSSR count). The van der Waals surface area contributed by atoms with E-state index in [0.29, 0.717) is 17.5 Å². The quantitative estimate of drug-likeness (QED) is 0.506. The van der Waals surface area contributed by atoms with Crippen LogP contribution in [0.2, 0.25) is 0 Å². The lowest BCUT2D eigenvalue weighted by molar-refractivity contribution is 0.478. The average molecular weight is 380 g/mol. The fourth-order valence-electron chi connectivity index (χ4n) is 2.50. The average Bonchev–Trinajstić information content (AvgIpc) is 2.55. The Morgan fingerprint density at radius 3 is 2.38 bits per heavy atom. The highest BCUT2D eigenvalue weighted by Crippen LogP contribution is 2.28. The maximum atomic E-state index is 13.3. The number of benzene rings is 2. The van der Waals surface area contributed by atoms with Crippen LogP contribution in [0.3, 0.4) is 0 Å². The van der Waals surface area contributed by atoms with Gasteiger partial charge in [-0.25, -0.2) is 13.6 Å². The molecule has 0 aliphatic rings. The molecule has 0 atom stereocenters. The zero-order chi connectivity index (χ0) is 19.1. The topological polar surface area (TPSA) is 73.6 Å². The van der Waals surface area contributed by atoms with Crippen molar-refractivity contribution in [3.8, 4) is 5.75 Å². The minimum absolute atomic E-state index is 0.0549. The number of halogens is 2. The van der Waals surface area contributed by atoms with Crippen molar-refractivity contribution in [3.63, 3.8) is 0 Å². The molecule has 0 bridgehead atoms. The molecule has 0 spiro atoms. The molecule has 0 saturated heterocycles. The Hall–Kier alpha value is -2.74. The first-order chi connectivity index (χ1) is 12.2. The lowest BCUT2D eigenvalue weighted by atomic mass is 10.00. The van der Waals surface area contributed by atoms with Crippen molar-refractivity contribution in [2.24, 2.45) is 0 Å². The van der Waals surface area contributed by atoms with Gasteiger partial charge in [0, 0.05) is 17.5 Å². The molecule has 0 unspecified atom stereocenters. The number of hydrogen-bond donors (Lipinski definition) is 0. The highest BCUT2D eigenvalue weighted by molar-refractivity contribution is 7.87. The van der Waals surface area contributed by atoms with E-state index in [4.69, 9.17) is 8.60 Å². The van der Waals surface area contributed by atoms with Gasteiger partial charge in [0.25, 0.3) is 0 Å². The second kappa shape index (κ2) is 6.53. The van der Waals surface area contributed by atoms with Crippen LogP contribution < -0.4 is 9.81 Å². The van der Waals surface area contributed by atoms with Crippen LogP contribution in [-0.4, -0.2) is 8.42 Å². The first-order valence-corrected chi connectivity index (χ1v) is 9.05. The second-order valence-corrected chi connectivity index (χ2v) is 7.49. The number of rotatable bonds is 4. The molecule has 0 aliphatic carbocycles. The van der Waals surface area contributed by atoms with Crippen molar-refractivity contribution in [1.29, 1.82) is 0 Å². The van der Waals surface area contributed by atoms with Crippen molar-refractivity contribution in [1.82, 2.24) is 0 Å². The van der Waals surface area contributed by atoms with E-state index in [9.17, 15) is 22.0 Å². The van der Waals surface area contributed by atoms with Crippen molar-refractivity contribution in [2.45, 2.75) is 24.7 Å². The summed E-state index contributed by atoms with van der Waals surface area (Å²) in [5, 5.41) is 0.650. The van der Waals surface area contributed by atoms with E-state index in [-0.39, 0.29) is 17.3 Å². The van der Waals surface area contributed by atoms with E-state index >= 15 is 0 Å². The third-order valence-corrected chi connectivity index (χ3v) is 5.00. The van der Waals surface area contributed by atoms with Crippen LogP contribution in [-0.2, 0) is 10.1 Å². The van der Waals surface area contributed by atoms with Gasteiger partial charge in [-0.05, 0) is 41.8 Å². The number of hydrogen-bond acceptors (Lipinski definition) is 5. The van der Waals surface area contributed by atoms with E-state index in [1.54, 1.807) is 6.07 Å². The summed E-state index contributed by atoms with van der Waals surface area (Å²) in [6.45, 7) is 3.82. The van der Waals surface area contributed by atoms with E-state index in [0.717, 1.165) is 11.6 Å². The molecule has 0 amide bonds. The van der Waals surface area contributed by atoms with Crippen LogP contribution in [0.4, 0.5) is 8.78 Å². The first kappa shape index (κ1) is 18.1. The zero-order valence-electron chi connectivity index (χ0n) is 13.8. The van der Waals surface area contributed by atoms with Crippen molar-refractivity contribution >= 4 is 21.1 Å². The third-order valence-electron chi connectivity index (χ3n) is 3.76. The first-order valence-electron chi connectivity index (χ1n) is 7.65. The standard InChI is InChI=1S/C18H14F2O5S/c1-10(2)14-9-18(21)24-17-7-11(3-5-13(14)17)25-26(22,23)12-4-6-15(19)16(20)8-12/h3-10H,1-2H3. The van der Waals surface area contributed by atoms with Gasteiger partial charge in [0.05, 0.1) is 0 Å². The summed E-state index contributed by atoms with van der Waals surface area (Å²) in [6.07, 6.45) is 0. The zero-order valence-corrected chi connectivity index (χ0v) is 14.6. The maximum Gasteiger partial charge on any atom is 0.339 e. The maximum absolute atomic E-state index is 13.3. The molecule has 2 aromatic carbocycles. The minimum Gasteiger partial charge on any atom is -0.423 e. The molecule has 1 heterocycles. The smallest absolute Gasteiger partial charge is 0.339 e.